The van der Waals surface area contributed by atoms with Crippen LogP contribution in [0.1, 0.15) is 96.6 Å². The van der Waals surface area contributed by atoms with Crippen LogP contribution in [0.4, 0.5) is 0 Å². The number of hydrogen-bond donors (Lipinski definition) is 5. The Balaban J connectivity index is 2.27. The van der Waals surface area contributed by atoms with Crippen LogP contribution in [-0.2, 0) is 22.4 Å². The first-order chi connectivity index (χ1) is 19.3. The Kier molecular flexibility index (Phi) is 9.09. The molecule has 230 valence electrons. The summed E-state index contributed by atoms with van der Waals surface area (Å²) in [6.45, 7) is 14.9. The molecule has 9 heteroatoms. The van der Waals surface area contributed by atoms with Gasteiger partial charge in [0.05, 0.1) is 11.5 Å². The summed E-state index contributed by atoms with van der Waals surface area (Å²) in [5.41, 5.74) is -2.59. The zero-order valence-electron chi connectivity index (χ0n) is 26.0. The third-order valence-corrected chi connectivity index (χ3v) is 8.32. The van der Waals surface area contributed by atoms with Crippen molar-refractivity contribution < 1.29 is 44.7 Å². The van der Waals surface area contributed by atoms with Gasteiger partial charge in [-0.1, -0.05) is 39.3 Å². The van der Waals surface area contributed by atoms with Crippen LogP contribution < -0.4 is 4.74 Å². The van der Waals surface area contributed by atoms with E-state index in [0.29, 0.717) is 12.8 Å². The fraction of sp³-hybridized carbons (Fsp3) is 0.545. The van der Waals surface area contributed by atoms with Crippen molar-refractivity contribution in [2.75, 3.05) is 0 Å². The highest BCUT2D eigenvalue weighted by Gasteiger charge is 2.47. The van der Waals surface area contributed by atoms with Crippen LogP contribution in [0.25, 0.3) is 0 Å². The molecule has 0 aromatic heterocycles. The Morgan fingerprint density at radius 3 is 2.07 bits per heavy atom. The largest absolute Gasteiger partial charge is 0.511 e. The Bertz CT molecular complexity index is 1420. The smallest absolute Gasteiger partial charge is 0.183 e. The molecule has 0 unspecified atom stereocenters. The average molecular weight is 585 g/mol. The van der Waals surface area contributed by atoms with E-state index in [4.69, 9.17) is 4.74 Å². The Morgan fingerprint density at radius 1 is 0.976 bits per heavy atom. The Morgan fingerprint density at radius 2 is 1.55 bits per heavy atom. The van der Waals surface area contributed by atoms with Gasteiger partial charge in [0.2, 0.25) is 0 Å². The number of aromatic hydroxyl groups is 2. The van der Waals surface area contributed by atoms with Crippen LogP contribution in [0.3, 0.4) is 0 Å². The molecular weight excluding hydrogens is 540 g/mol. The average Bonchev–Trinajstić information content (AvgIpc) is 2.88. The number of carbonyl (C=O) groups excluding carboxylic acids is 3. The van der Waals surface area contributed by atoms with Crippen molar-refractivity contribution in [1.29, 1.82) is 0 Å². The lowest BCUT2D eigenvalue weighted by atomic mass is 9.72. The van der Waals surface area contributed by atoms with Gasteiger partial charge in [0.25, 0.3) is 0 Å². The van der Waals surface area contributed by atoms with Gasteiger partial charge in [-0.2, -0.15) is 0 Å². The standard InChI is InChI=1S/C33H44O9/c1-15(2)11-10-12-33(9)21(34)14-19-26(37)18(27(38)22(29(19)42-33)24(35)16(3)4)13-20-28(39)23(25(36)17(5)6)31(41)32(7,8)30(20)40/h11,16-17,21,34,37-40H,10,12-14H2,1-9H3/t21-,33+/m0/s1. The zero-order chi connectivity index (χ0) is 32.1. The molecule has 2 aliphatic rings. The lowest BCUT2D eigenvalue weighted by molar-refractivity contribution is -0.128. The lowest BCUT2D eigenvalue weighted by Gasteiger charge is -2.41. The minimum Gasteiger partial charge on any atom is -0.511 e. The fourth-order valence-electron chi connectivity index (χ4n) is 5.40. The third-order valence-electron chi connectivity index (χ3n) is 8.32. The molecule has 1 aliphatic heterocycles. The van der Waals surface area contributed by atoms with Crippen molar-refractivity contribution in [2.24, 2.45) is 17.3 Å². The zero-order valence-corrected chi connectivity index (χ0v) is 26.0. The number of ether oxygens (including phenoxy) is 1. The van der Waals surface area contributed by atoms with E-state index in [9.17, 15) is 39.9 Å². The molecule has 3 rings (SSSR count). The second-order valence-corrected chi connectivity index (χ2v) is 13.0. The first-order valence-corrected chi connectivity index (χ1v) is 14.4. The number of hydrogen-bond acceptors (Lipinski definition) is 9. The maximum absolute atomic E-state index is 13.5. The van der Waals surface area contributed by atoms with E-state index in [1.54, 1.807) is 34.6 Å². The van der Waals surface area contributed by atoms with Crippen LogP contribution >= 0.6 is 0 Å². The van der Waals surface area contributed by atoms with Crippen molar-refractivity contribution in [2.45, 2.75) is 99.7 Å². The second-order valence-electron chi connectivity index (χ2n) is 13.0. The minimum atomic E-state index is -1.58. The molecule has 0 saturated heterocycles. The number of Topliss-reactive ketones (excluding diaryl/α,β-unsaturated/α-hetero) is 3. The van der Waals surface area contributed by atoms with Gasteiger partial charge >= 0.3 is 0 Å². The van der Waals surface area contributed by atoms with Crippen LogP contribution in [0, 0.1) is 17.3 Å². The summed E-state index contributed by atoms with van der Waals surface area (Å²) in [7, 11) is 0. The summed E-state index contributed by atoms with van der Waals surface area (Å²) in [5.74, 6) is -5.42. The lowest BCUT2D eigenvalue weighted by Crippen LogP contribution is -2.49. The van der Waals surface area contributed by atoms with Crippen LogP contribution in [0.15, 0.2) is 34.3 Å². The highest BCUT2D eigenvalue weighted by Crippen LogP contribution is 2.51. The van der Waals surface area contributed by atoms with Gasteiger partial charge in [0.1, 0.15) is 45.5 Å². The molecule has 0 spiro atoms. The fourth-order valence-corrected chi connectivity index (χ4v) is 5.40. The van der Waals surface area contributed by atoms with E-state index >= 15 is 0 Å². The molecule has 0 bridgehead atoms. The molecule has 0 saturated carbocycles. The van der Waals surface area contributed by atoms with Crippen LogP contribution in [0.2, 0.25) is 0 Å². The van der Waals surface area contributed by atoms with Gasteiger partial charge in [0, 0.05) is 41.4 Å². The molecule has 42 heavy (non-hydrogen) atoms. The number of benzene rings is 1. The summed E-state index contributed by atoms with van der Waals surface area (Å²) < 4.78 is 6.26. The summed E-state index contributed by atoms with van der Waals surface area (Å²) in [5, 5.41) is 56.3. The molecule has 1 heterocycles. The Labute approximate surface area is 247 Å². The predicted octanol–water partition coefficient (Wildman–Crippen LogP) is 5.74. The van der Waals surface area contributed by atoms with E-state index in [2.05, 4.69) is 0 Å². The van der Waals surface area contributed by atoms with Crippen LogP contribution in [-0.4, -0.2) is 54.6 Å². The van der Waals surface area contributed by atoms with Crippen molar-refractivity contribution in [3.05, 3.63) is 51.0 Å². The van der Waals surface area contributed by atoms with Crippen molar-refractivity contribution in [3.8, 4) is 17.2 Å². The number of aliphatic hydroxyl groups is 3. The molecular formula is C33H44O9. The molecule has 0 radical (unpaired) electrons. The third kappa shape index (κ3) is 5.59. The summed E-state index contributed by atoms with van der Waals surface area (Å²) >= 11 is 0. The normalized spacial score (nSPS) is 21.9. The molecule has 2 atom stereocenters. The first kappa shape index (κ1) is 32.9. The van der Waals surface area contributed by atoms with Crippen molar-refractivity contribution in [1.82, 2.24) is 0 Å². The summed E-state index contributed by atoms with van der Waals surface area (Å²) in [6.07, 6.45) is 1.34. The number of phenolic OH excluding ortho intramolecular Hbond substituents is 2. The number of allylic oxidation sites excluding steroid dienone is 5. The topological polar surface area (TPSA) is 162 Å². The van der Waals surface area contributed by atoms with Gasteiger partial charge in [-0.15, -0.1) is 0 Å². The molecule has 0 fully saturated rings. The van der Waals surface area contributed by atoms with Gasteiger partial charge in [0.15, 0.2) is 17.3 Å². The summed E-state index contributed by atoms with van der Waals surface area (Å²) in [6, 6.07) is 0. The van der Waals surface area contributed by atoms with Gasteiger partial charge in [-0.3, -0.25) is 14.4 Å². The van der Waals surface area contributed by atoms with E-state index in [-0.39, 0.29) is 34.4 Å². The number of carbonyl (C=O) groups is 3. The monoisotopic (exact) mass is 584 g/mol. The highest BCUT2D eigenvalue weighted by molar-refractivity contribution is 6.24. The first-order valence-electron chi connectivity index (χ1n) is 14.4. The highest BCUT2D eigenvalue weighted by atomic mass is 16.5. The second kappa shape index (κ2) is 11.6. The molecule has 1 aromatic rings. The molecule has 0 amide bonds. The van der Waals surface area contributed by atoms with E-state index in [1.807, 2.05) is 19.9 Å². The molecule has 1 aliphatic carbocycles. The quantitative estimate of drug-likeness (QED) is 0.138. The van der Waals surface area contributed by atoms with E-state index in [1.165, 1.54) is 13.8 Å². The van der Waals surface area contributed by atoms with Crippen molar-refractivity contribution in [3.63, 3.8) is 0 Å². The van der Waals surface area contributed by atoms with Crippen LogP contribution in [0.5, 0.6) is 17.2 Å². The number of ketones is 3. The van der Waals surface area contributed by atoms with Gasteiger partial charge in [-0.05, 0) is 47.5 Å². The van der Waals surface area contributed by atoms with Crippen molar-refractivity contribution >= 4 is 17.3 Å². The number of phenols is 2. The maximum atomic E-state index is 13.5. The molecule has 5 N–H and O–H groups in total. The predicted molar refractivity (Wildman–Crippen MR) is 158 cm³/mol. The number of fused-ring (bicyclic) bond motifs is 1. The van der Waals surface area contributed by atoms with Gasteiger partial charge in [-0.25, -0.2) is 0 Å². The summed E-state index contributed by atoms with van der Waals surface area (Å²) in [4.78, 5) is 39.5. The van der Waals surface area contributed by atoms with Gasteiger partial charge < -0.3 is 30.3 Å². The SMILES string of the molecule is CC(C)=CCC[C@@]1(C)Oc2c(c(O)c(CC3=C(O)C(C)(C)C(=O)C(C(=O)C(C)C)=C3O)c(O)c2C(=O)C(C)C)C[C@@H]1O. The maximum Gasteiger partial charge on any atom is 0.183 e. The number of rotatable bonds is 9. The molecule has 9 nitrogen and oxygen atoms in total. The Hall–Kier alpha value is -3.59. The number of aliphatic hydroxyl groups excluding tert-OH is 3. The van der Waals surface area contributed by atoms with E-state index in [0.717, 1.165) is 5.57 Å². The minimum absolute atomic E-state index is 0.0229. The molecule has 1 aromatic carbocycles. The van der Waals surface area contributed by atoms with E-state index < -0.39 is 81.3 Å².